The number of carbonyl (C=O) groups is 1. The number of alkyl halides is 3. The molecule has 0 aromatic carbocycles. The summed E-state index contributed by atoms with van der Waals surface area (Å²) in [6.45, 7) is 0.196. The zero-order chi connectivity index (χ0) is 13.6. The summed E-state index contributed by atoms with van der Waals surface area (Å²) in [7, 11) is 0. The number of carboxylic acid groups (broad SMARTS) is 1. The molecule has 0 rings (SSSR count). The summed E-state index contributed by atoms with van der Waals surface area (Å²) in [5, 5.41) is 5.03. The van der Waals surface area contributed by atoms with Crippen LogP contribution in [0.3, 0.4) is 0 Å². The lowest BCUT2D eigenvalue weighted by molar-refractivity contribution is -0.139. The van der Waals surface area contributed by atoms with Crippen molar-refractivity contribution in [2.45, 2.75) is 17.8 Å². The summed E-state index contributed by atoms with van der Waals surface area (Å²) in [5.41, 5.74) is 10.2. The van der Waals surface area contributed by atoms with Gasteiger partial charge in [-0.25, -0.2) is 4.79 Å². The largest absolute Gasteiger partial charge is 0.480 e. The maximum atomic E-state index is 12.6. The molecule has 0 heterocycles. The molecular formula is C8H16Cl3F2N3O2S. The summed E-state index contributed by atoms with van der Waals surface area (Å²) in [6.07, 6.45) is 0.283. The highest BCUT2D eigenvalue weighted by Crippen LogP contribution is 2.21. The molecule has 0 aromatic rings. The van der Waals surface area contributed by atoms with Gasteiger partial charge in [-0.1, -0.05) is 0 Å². The maximum absolute atomic E-state index is 12.6. The summed E-state index contributed by atoms with van der Waals surface area (Å²) in [4.78, 5) is 14.2. The van der Waals surface area contributed by atoms with Crippen molar-refractivity contribution in [2.75, 3.05) is 12.3 Å². The fourth-order valence-electron chi connectivity index (χ4n) is 1.15. The number of nitrogens with zero attached hydrogens (tertiary/aromatic N) is 1. The monoisotopic (exact) mass is 361 g/mol. The molecule has 0 radical (unpaired) electrons. The fraction of sp³-hybridized carbons (Fsp3) is 0.750. The van der Waals surface area contributed by atoms with Gasteiger partial charge in [-0.3, -0.25) is 4.99 Å². The molecule has 0 aliphatic rings. The number of nitrogens with two attached hydrogens (primary N) is 2. The topological polar surface area (TPSA) is 102 Å². The number of rotatable bonds is 7. The molecule has 19 heavy (non-hydrogen) atoms. The van der Waals surface area contributed by atoms with Crippen molar-refractivity contribution < 1.29 is 18.7 Å². The maximum Gasteiger partial charge on any atom is 0.378 e. The van der Waals surface area contributed by atoms with E-state index < -0.39 is 29.1 Å². The van der Waals surface area contributed by atoms with Crippen LogP contribution in [0.2, 0.25) is 0 Å². The molecule has 0 saturated heterocycles. The van der Waals surface area contributed by atoms with E-state index in [2.05, 4.69) is 29.2 Å². The molecule has 0 saturated carbocycles. The Labute approximate surface area is 132 Å². The third-order valence-corrected chi connectivity index (χ3v) is 2.70. The lowest BCUT2D eigenvalue weighted by Gasteiger charge is -2.19. The average molecular weight is 363 g/mol. The first-order valence-electron chi connectivity index (χ1n) is 4.68. The van der Waals surface area contributed by atoms with Crippen LogP contribution in [0.1, 0.15) is 6.42 Å². The van der Waals surface area contributed by atoms with Crippen LogP contribution in [-0.4, -0.2) is 40.6 Å². The Morgan fingerprint density at radius 1 is 1.47 bits per heavy atom. The van der Waals surface area contributed by atoms with Crippen LogP contribution in [0, 0.1) is 5.92 Å². The average Bonchev–Trinajstić information content (AvgIpc) is 2.20. The van der Waals surface area contributed by atoms with Crippen molar-refractivity contribution in [2.24, 2.45) is 22.4 Å². The molecule has 0 aliphatic carbocycles. The van der Waals surface area contributed by atoms with Crippen molar-refractivity contribution in [3.05, 3.63) is 0 Å². The predicted octanol–water partition coefficient (Wildman–Crippen LogP) is 1.37. The molecule has 2 unspecified atom stereocenters. The van der Waals surface area contributed by atoms with Gasteiger partial charge in [0.1, 0.15) is 0 Å². The molecule has 5 nitrogen and oxygen atoms in total. The van der Waals surface area contributed by atoms with Gasteiger partial charge < -0.3 is 16.6 Å². The van der Waals surface area contributed by atoms with Gasteiger partial charge in [0.2, 0.25) is 0 Å². The molecule has 0 amide bonds. The number of halogens is 5. The van der Waals surface area contributed by atoms with E-state index in [1.54, 1.807) is 0 Å². The van der Waals surface area contributed by atoms with Crippen molar-refractivity contribution in [1.82, 2.24) is 0 Å². The molecule has 11 heteroatoms. The molecule has 2 atom stereocenters. The second kappa shape index (κ2) is 10.7. The molecular weight excluding hydrogens is 347 g/mol. The van der Waals surface area contributed by atoms with E-state index in [1.165, 1.54) is 0 Å². The van der Waals surface area contributed by atoms with E-state index in [0.29, 0.717) is 0 Å². The Morgan fingerprint density at radius 3 is 2.21 bits per heavy atom. The SMILES string of the molecule is Cl.Cl.NCCC(CS)C(N=C(N)C(F)(F)Cl)C(=O)O. The quantitative estimate of drug-likeness (QED) is 0.238. The highest BCUT2D eigenvalue weighted by Gasteiger charge is 2.34. The van der Waals surface area contributed by atoms with Crippen molar-refractivity contribution in [3.8, 4) is 0 Å². The fourth-order valence-corrected chi connectivity index (χ4v) is 1.58. The Hall–Kier alpha value is -0.0200. The van der Waals surface area contributed by atoms with Crippen LogP contribution in [0.4, 0.5) is 8.78 Å². The lowest BCUT2D eigenvalue weighted by atomic mass is 9.98. The van der Waals surface area contributed by atoms with Gasteiger partial charge in [0.15, 0.2) is 11.9 Å². The van der Waals surface area contributed by atoms with Crippen LogP contribution in [0.25, 0.3) is 0 Å². The first kappa shape index (κ1) is 24.0. The van der Waals surface area contributed by atoms with Gasteiger partial charge in [-0.2, -0.15) is 21.4 Å². The van der Waals surface area contributed by atoms with Crippen LogP contribution in [-0.2, 0) is 4.79 Å². The van der Waals surface area contributed by atoms with Gasteiger partial charge in [-0.05, 0) is 30.3 Å². The van der Waals surface area contributed by atoms with Crippen molar-refractivity contribution in [3.63, 3.8) is 0 Å². The Bertz CT molecular complexity index is 305. The third-order valence-electron chi connectivity index (χ3n) is 2.04. The minimum Gasteiger partial charge on any atom is -0.480 e. The number of aliphatic carboxylic acids is 1. The molecule has 116 valence electrons. The van der Waals surface area contributed by atoms with E-state index >= 15 is 0 Å². The number of carboxylic acids is 1. The number of hydrogen-bond acceptors (Lipinski definition) is 4. The van der Waals surface area contributed by atoms with Gasteiger partial charge in [0.05, 0.1) is 0 Å². The van der Waals surface area contributed by atoms with Gasteiger partial charge in [0.25, 0.3) is 0 Å². The van der Waals surface area contributed by atoms with E-state index in [1.807, 2.05) is 0 Å². The van der Waals surface area contributed by atoms with E-state index in [4.69, 9.17) is 16.6 Å². The van der Waals surface area contributed by atoms with Crippen molar-refractivity contribution >= 4 is 60.8 Å². The standard InChI is InChI=1S/C8H14ClF2N3O2S.2ClH/c9-8(10,11)7(13)14-5(6(15)16)4(3-17)1-2-12;;/h4-5,17H,1-3,12H2,(H2,13,14)(H,15,16);2*1H. The highest BCUT2D eigenvalue weighted by molar-refractivity contribution is 7.80. The first-order chi connectivity index (χ1) is 7.73. The van der Waals surface area contributed by atoms with Gasteiger partial charge >= 0.3 is 11.4 Å². The van der Waals surface area contributed by atoms with Gasteiger partial charge in [-0.15, -0.1) is 24.8 Å². The molecule has 0 bridgehead atoms. The van der Waals surface area contributed by atoms with Crippen LogP contribution >= 0.6 is 49.0 Å². The third kappa shape index (κ3) is 8.69. The lowest BCUT2D eigenvalue weighted by Crippen LogP contribution is -2.37. The molecule has 0 aliphatic heterocycles. The predicted molar refractivity (Wildman–Crippen MR) is 79.4 cm³/mol. The van der Waals surface area contributed by atoms with Crippen molar-refractivity contribution in [1.29, 1.82) is 0 Å². The molecule has 0 spiro atoms. The Morgan fingerprint density at radius 2 is 1.95 bits per heavy atom. The molecule has 5 N–H and O–H groups in total. The van der Waals surface area contributed by atoms with E-state index in [0.717, 1.165) is 0 Å². The number of hydrogen-bond donors (Lipinski definition) is 4. The second-order valence-electron chi connectivity index (χ2n) is 3.32. The zero-order valence-corrected chi connectivity index (χ0v) is 12.9. The van der Waals surface area contributed by atoms with E-state index in [-0.39, 0.29) is 43.5 Å². The second-order valence-corrected chi connectivity index (χ2v) is 4.16. The van der Waals surface area contributed by atoms with Crippen LogP contribution in [0.15, 0.2) is 4.99 Å². The molecule has 0 aromatic heterocycles. The van der Waals surface area contributed by atoms with E-state index in [9.17, 15) is 13.6 Å². The van der Waals surface area contributed by atoms with Crippen LogP contribution < -0.4 is 11.5 Å². The minimum absolute atomic E-state index is 0. The Kier molecular flexibility index (Phi) is 13.6. The summed E-state index contributed by atoms with van der Waals surface area (Å²) < 4.78 is 25.1. The highest BCUT2D eigenvalue weighted by atomic mass is 35.5. The number of aliphatic imine (C=N–C) groups is 1. The summed E-state index contributed by atoms with van der Waals surface area (Å²) >= 11 is 8.56. The zero-order valence-electron chi connectivity index (χ0n) is 9.63. The van der Waals surface area contributed by atoms with Gasteiger partial charge in [0, 0.05) is 5.92 Å². The Balaban J connectivity index is -0.00000128. The summed E-state index contributed by atoms with van der Waals surface area (Å²) in [5.74, 6) is -3.05. The normalized spacial score (nSPS) is 14.9. The smallest absolute Gasteiger partial charge is 0.378 e. The number of thiol groups is 1. The van der Waals surface area contributed by atoms with Crippen LogP contribution in [0.5, 0.6) is 0 Å². The molecule has 0 fully saturated rings. The minimum atomic E-state index is -3.86. The number of amidine groups is 1. The summed E-state index contributed by atoms with van der Waals surface area (Å²) in [6, 6.07) is -1.43. The first-order valence-corrected chi connectivity index (χ1v) is 5.69.